The van der Waals surface area contributed by atoms with Crippen molar-refractivity contribution >= 4 is 38.9 Å². The summed E-state index contributed by atoms with van der Waals surface area (Å²) in [6.45, 7) is 0.706. The molecule has 32 heavy (non-hydrogen) atoms. The molecule has 0 saturated carbocycles. The van der Waals surface area contributed by atoms with Crippen LogP contribution in [0, 0.1) is 5.92 Å². The number of ether oxygens (including phenoxy) is 1. The Bertz CT molecular complexity index is 1120. The molecular weight excluding hydrogens is 452 g/mol. The molecule has 2 saturated heterocycles. The van der Waals surface area contributed by atoms with Crippen LogP contribution in [0.2, 0.25) is 5.02 Å². The van der Waals surface area contributed by atoms with Crippen molar-refractivity contribution in [2.45, 2.75) is 18.1 Å². The molecule has 0 bridgehead atoms. The second-order valence-electron chi connectivity index (χ2n) is 8.09. The molecule has 0 N–H and O–H groups in total. The predicted octanol–water partition coefficient (Wildman–Crippen LogP) is 3.09. The molecule has 2 fully saturated rings. The molecule has 7 nitrogen and oxygen atoms in total. The largest absolute Gasteiger partial charge is 0.497 e. The summed E-state index contributed by atoms with van der Waals surface area (Å²) in [6.07, 6.45) is 0.392. The van der Waals surface area contributed by atoms with E-state index in [0.29, 0.717) is 28.6 Å². The van der Waals surface area contributed by atoms with Crippen molar-refractivity contribution in [2.24, 2.45) is 5.92 Å². The van der Waals surface area contributed by atoms with Gasteiger partial charge in [0.05, 0.1) is 24.0 Å². The highest BCUT2D eigenvalue weighted by atomic mass is 35.5. The highest BCUT2D eigenvalue weighted by Gasteiger charge is 2.40. The van der Waals surface area contributed by atoms with E-state index in [9.17, 15) is 18.0 Å². The molecule has 2 aliphatic rings. The number of anilines is 1. The second kappa shape index (κ2) is 9.11. The van der Waals surface area contributed by atoms with E-state index in [-0.39, 0.29) is 43.5 Å². The lowest BCUT2D eigenvalue weighted by molar-refractivity contribution is -0.135. The fourth-order valence-corrected chi connectivity index (χ4v) is 6.54. The molecule has 2 unspecified atom stereocenters. The first-order valence-electron chi connectivity index (χ1n) is 10.5. The average molecular weight is 477 g/mol. The minimum absolute atomic E-state index is 0.113. The van der Waals surface area contributed by atoms with Gasteiger partial charge in [-0.3, -0.25) is 9.59 Å². The maximum Gasteiger partial charge on any atom is 0.228 e. The van der Waals surface area contributed by atoms with E-state index in [0.717, 1.165) is 0 Å². The second-order valence-corrected chi connectivity index (χ2v) is 10.8. The Morgan fingerprint density at radius 2 is 1.81 bits per heavy atom. The molecule has 170 valence electrons. The molecule has 2 aromatic rings. The number of carbonyl (C=O) groups excluding carboxylic acids is 2. The maximum atomic E-state index is 13.2. The summed E-state index contributed by atoms with van der Waals surface area (Å²) in [5, 5.41) is -0.326. The van der Waals surface area contributed by atoms with Gasteiger partial charge >= 0.3 is 0 Å². The van der Waals surface area contributed by atoms with Crippen LogP contribution in [-0.4, -0.2) is 57.6 Å². The zero-order valence-corrected chi connectivity index (χ0v) is 19.3. The molecule has 2 heterocycles. The SMILES string of the molecule is COc1ccc(N2CC(C(=O)N3CCC(c4ccccc4Cl)S(=O)(=O)CC3)CC2=O)cc1. The Kier molecular flexibility index (Phi) is 6.44. The number of amides is 2. The van der Waals surface area contributed by atoms with Gasteiger partial charge in [0.2, 0.25) is 11.8 Å². The average Bonchev–Trinajstić information content (AvgIpc) is 3.10. The van der Waals surface area contributed by atoms with Crippen LogP contribution >= 0.6 is 11.6 Å². The lowest BCUT2D eigenvalue weighted by Gasteiger charge is -2.24. The molecule has 2 atom stereocenters. The van der Waals surface area contributed by atoms with E-state index in [2.05, 4.69) is 0 Å². The van der Waals surface area contributed by atoms with E-state index in [1.807, 2.05) is 0 Å². The van der Waals surface area contributed by atoms with Crippen molar-refractivity contribution in [2.75, 3.05) is 37.4 Å². The summed E-state index contributed by atoms with van der Waals surface area (Å²) in [5.74, 6) is -0.234. The number of nitrogens with zero attached hydrogens (tertiary/aromatic N) is 2. The zero-order valence-electron chi connectivity index (χ0n) is 17.7. The first-order valence-corrected chi connectivity index (χ1v) is 12.6. The number of benzene rings is 2. The Morgan fingerprint density at radius 1 is 1.09 bits per heavy atom. The summed E-state index contributed by atoms with van der Waals surface area (Å²) in [6, 6.07) is 14.0. The summed E-state index contributed by atoms with van der Waals surface area (Å²) in [7, 11) is -1.89. The maximum absolute atomic E-state index is 13.2. The number of hydrogen-bond donors (Lipinski definition) is 0. The van der Waals surface area contributed by atoms with Crippen LogP contribution in [0.3, 0.4) is 0 Å². The number of sulfone groups is 1. The van der Waals surface area contributed by atoms with E-state index >= 15 is 0 Å². The molecule has 2 amide bonds. The predicted molar refractivity (Wildman–Crippen MR) is 123 cm³/mol. The molecule has 0 aliphatic carbocycles. The molecule has 2 aliphatic heterocycles. The fourth-order valence-electron chi connectivity index (χ4n) is 4.39. The van der Waals surface area contributed by atoms with Crippen LogP contribution in [0.15, 0.2) is 48.5 Å². The highest BCUT2D eigenvalue weighted by Crippen LogP contribution is 2.35. The minimum atomic E-state index is -3.46. The number of halogens is 1. The minimum Gasteiger partial charge on any atom is -0.497 e. The quantitative estimate of drug-likeness (QED) is 0.677. The van der Waals surface area contributed by atoms with Crippen LogP contribution in [0.4, 0.5) is 5.69 Å². The molecule has 0 spiro atoms. The molecule has 0 radical (unpaired) electrons. The van der Waals surface area contributed by atoms with Crippen molar-refractivity contribution in [1.82, 2.24) is 4.90 Å². The monoisotopic (exact) mass is 476 g/mol. The Labute approximate surface area is 192 Å². The van der Waals surface area contributed by atoms with E-state index < -0.39 is 21.0 Å². The van der Waals surface area contributed by atoms with Crippen molar-refractivity contribution in [3.63, 3.8) is 0 Å². The van der Waals surface area contributed by atoms with Gasteiger partial charge in [-0.2, -0.15) is 0 Å². The number of rotatable bonds is 4. The molecular formula is C23H25ClN2O5S. The first-order chi connectivity index (χ1) is 15.3. The van der Waals surface area contributed by atoms with Gasteiger partial charge in [-0.15, -0.1) is 0 Å². The van der Waals surface area contributed by atoms with Crippen LogP contribution in [0.25, 0.3) is 0 Å². The van der Waals surface area contributed by atoms with Gasteiger partial charge in [-0.05, 0) is 42.3 Å². The van der Waals surface area contributed by atoms with Gasteiger partial charge in [0, 0.05) is 36.8 Å². The summed E-state index contributed by atoms with van der Waals surface area (Å²) >= 11 is 6.25. The van der Waals surface area contributed by atoms with Gasteiger partial charge < -0.3 is 14.5 Å². The zero-order chi connectivity index (χ0) is 22.9. The van der Waals surface area contributed by atoms with Crippen LogP contribution in [0.1, 0.15) is 23.7 Å². The van der Waals surface area contributed by atoms with Crippen LogP contribution < -0.4 is 9.64 Å². The van der Waals surface area contributed by atoms with E-state index in [1.54, 1.807) is 65.4 Å². The number of methoxy groups -OCH3 is 1. The first kappa shape index (κ1) is 22.6. The summed E-state index contributed by atoms with van der Waals surface area (Å²) in [5.41, 5.74) is 1.29. The third-order valence-electron chi connectivity index (χ3n) is 6.16. The smallest absolute Gasteiger partial charge is 0.228 e. The number of hydrogen-bond acceptors (Lipinski definition) is 5. The van der Waals surface area contributed by atoms with Crippen molar-refractivity contribution in [3.8, 4) is 5.75 Å². The molecule has 0 aromatic heterocycles. The van der Waals surface area contributed by atoms with Gasteiger partial charge in [-0.1, -0.05) is 29.8 Å². The molecule has 4 rings (SSSR count). The van der Waals surface area contributed by atoms with Crippen molar-refractivity contribution in [3.05, 3.63) is 59.1 Å². The van der Waals surface area contributed by atoms with Crippen molar-refractivity contribution in [1.29, 1.82) is 0 Å². The third-order valence-corrected chi connectivity index (χ3v) is 8.62. The Morgan fingerprint density at radius 3 is 2.50 bits per heavy atom. The molecule has 9 heteroatoms. The number of carbonyl (C=O) groups is 2. The van der Waals surface area contributed by atoms with E-state index in [4.69, 9.17) is 16.3 Å². The summed E-state index contributed by atoms with van der Waals surface area (Å²) < 4.78 is 31.0. The Balaban J connectivity index is 1.47. The van der Waals surface area contributed by atoms with E-state index in [1.165, 1.54) is 0 Å². The standard InChI is InChI=1S/C23H25ClN2O5S/c1-31-18-8-6-17(7-9-18)26-15-16(14-22(26)27)23(28)25-11-10-21(32(29,30)13-12-25)19-4-2-3-5-20(19)24/h2-9,16,21H,10-15H2,1H3. The van der Waals surface area contributed by atoms with Crippen molar-refractivity contribution < 1.29 is 22.7 Å². The lowest BCUT2D eigenvalue weighted by Crippen LogP contribution is -2.39. The van der Waals surface area contributed by atoms with Gasteiger partial charge in [0.25, 0.3) is 0 Å². The molecule has 2 aromatic carbocycles. The third kappa shape index (κ3) is 4.47. The fraction of sp³-hybridized carbons (Fsp3) is 0.391. The highest BCUT2D eigenvalue weighted by molar-refractivity contribution is 7.91. The van der Waals surface area contributed by atoms with Crippen LogP contribution in [-0.2, 0) is 19.4 Å². The van der Waals surface area contributed by atoms with Gasteiger partial charge in [-0.25, -0.2) is 8.42 Å². The summed E-state index contributed by atoms with van der Waals surface area (Å²) in [4.78, 5) is 29.0. The van der Waals surface area contributed by atoms with Crippen LogP contribution in [0.5, 0.6) is 5.75 Å². The van der Waals surface area contributed by atoms with Gasteiger partial charge in [0.1, 0.15) is 5.75 Å². The van der Waals surface area contributed by atoms with Gasteiger partial charge in [0.15, 0.2) is 9.84 Å². The normalized spacial score (nSPS) is 23.1. The Hall–Kier alpha value is -2.58. The topological polar surface area (TPSA) is 84.0 Å². The lowest BCUT2D eigenvalue weighted by atomic mass is 10.1.